The van der Waals surface area contributed by atoms with Gasteiger partial charge in [0, 0.05) is 22.8 Å². The topological polar surface area (TPSA) is 38.1 Å². The molecule has 4 heteroatoms. The molecule has 1 heterocycles. The van der Waals surface area contributed by atoms with Gasteiger partial charge in [-0.05, 0) is 48.9 Å². The second kappa shape index (κ2) is 4.70. The molecule has 0 fully saturated rings. The summed E-state index contributed by atoms with van der Waals surface area (Å²) in [7, 11) is 1.90. The van der Waals surface area contributed by atoms with E-state index in [0.29, 0.717) is 5.89 Å². The Balaban J connectivity index is 2.16. The summed E-state index contributed by atoms with van der Waals surface area (Å²) in [5, 5.41) is 3.13. The Morgan fingerprint density at radius 2 is 1.89 bits per heavy atom. The van der Waals surface area contributed by atoms with E-state index in [1.54, 1.807) is 0 Å². The summed E-state index contributed by atoms with van der Waals surface area (Å²) in [5.74, 6) is 0.652. The molecule has 0 unspecified atom stereocenters. The van der Waals surface area contributed by atoms with E-state index in [0.717, 1.165) is 32.4 Å². The van der Waals surface area contributed by atoms with Crippen LogP contribution in [0.15, 0.2) is 45.3 Å². The van der Waals surface area contributed by atoms with E-state index in [1.165, 1.54) is 0 Å². The van der Waals surface area contributed by atoms with Crippen molar-refractivity contribution in [3.8, 4) is 11.5 Å². The van der Waals surface area contributed by atoms with Gasteiger partial charge in [0.15, 0.2) is 5.58 Å². The average molecular weight is 317 g/mol. The first-order chi connectivity index (χ1) is 9.17. The van der Waals surface area contributed by atoms with E-state index in [1.807, 2.05) is 44.3 Å². The number of anilines is 1. The Kier molecular flexibility index (Phi) is 3.03. The molecule has 2 aromatic carbocycles. The number of benzene rings is 2. The van der Waals surface area contributed by atoms with E-state index in [2.05, 4.69) is 32.3 Å². The van der Waals surface area contributed by atoms with Gasteiger partial charge in [0.25, 0.3) is 0 Å². The van der Waals surface area contributed by atoms with Crippen molar-refractivity contribution in [3.05, 3.63) is 46.4 Å². The first kappa shape index (κ1) is 12.2. The zero-order valence-electron chi connectivity index (χ0n) is 10.7. The minimum absolute atomic E-state index is 0.652. The average Bonchev–Trinajstić information content (AvgIpc) is 2.84. The summed E-state index contributed by atoms with van der Waals surface area (Å²) < 4.78 is 6.91. The fourth-order valence-electron chi connectivity index (χ4n) is 2.06. The van der Waals surface area contributed by atoms with E-state index in [4.69, 9.17) is 4.42 Å². The van der Waals surface area contributed by atoms with Gasteiger partial charge in [0.1, 0.15) is 5.52 Å². The van der Waals surface area contributed by atoms with Crippen molar-refractivity contribution in [2.75, 3.05) is 12.4 Å². The van der Waals surface area contributed by atoms with Crippen LogP contribution >= 0.6 is 15.9 Å². The summed E-state index contributed by atoms with van der Waals surface area (Å²) >= 11 is 3.42. The third-order valence-corrected chi connectivity index (χ3v) is 3.58. The van der Waals surface area contributed by atoms with Crippen molar-refractivity contribution in [1.29, 1.82) is 0 Å². The Morgan fingerprint density at radius 3 is 2.58 bits per heavy atom. The normalized spacial score (nSPS) is 10.9. The third kappa shape index (κ3) is 2.24. The minimum Gasteiger partial charge on any atom is -0.436 e. The molecule has 1 aromatic heterocycles. The maximum absolute atomic E-state index is 5.87. The van der Waals surface area contributed by atoms with Gasteiger partial charge in [-0.2, -0.15) is 0 Å². The lowest BCUT2D eigenvalue weighted by molar-refractivity contribution is 0.617. The van der Waals surface area contributed by atoms with Crippen LogP contribution < -0.4 is 5.32 Å². The maximum atomic E-state index is 5.87. The number of rotatable bonds is 2. The highest BCUT2D eigenvalue weighted by atomic mass is 79.9. The quantitative estimate of drug-likeness (QED) is 0.750. The van der Waals surface area contributed by atoms with Gasteiger partial charge in [0.05, 0.1) is 0 Å². The van der Waals surface area contributed by atoms with Gasteiger partial charge in [-0.1, -0.05) is 15.9 Å². The van der Waals surface area contributed by atoms with Crippen LogP contribution in [-0.2, 0) is 0 Å². The smallest absolute Gasteiger partial charge is 0.227 e. The number of nitrogens with zero attached hydrogens (tertiary/aromatic N) is 1. The highest BCUT2D eigenvalue weighted by Gasteiger charge is 2.11. The number of aromatic nitrogens is 1. The first-order valence-corrected chi connectivity index (χ1v) is 6.81. The second-order valence-electron chi connectivity index (χ2n) is 4.42. The summed E-state index contributed by atoms with van der Waals surface area (Å²) in [6.45, 7) is 2.03. The number of nitrogens with one attached hydrogen (secondary N) is 1. The monoisotopic (exact) mass is 316 g/mol. The highest BCUT2D eigenvalue weighted by Crippen LogP contribution is 2.29. The van der Waals surface area contributed by atoms with Crippen molar-refractivity contribution in [3.63, 3.8) is 0 Å². The van der Waals surface area contributed by atoms with Gasteiger partial charge in [0.2, 0.25) is 5.89 Å². The molecule has 0 spiro atoms. The van der Waals surface area contributed by atoms with E-state index in [-0.39, 0.29) is 0 Å². The van der Waals surface area contributed by atoms with Gasteiger partial charge in [-0.3, -0.25) is 0 Å². The summed E-state index contributed by atoms with van der Waals surface area (Å²) in [6.07, 6.45) is 0. The minimum atomic E-state index is 0.652. The Bertz CT molecular complexity index is 732. The predicted molar refractivity (Wildman–Crippen MR) is 81.4 cm³/mol. The number of halogens is 1. The van der Waals surface area contributed by atoms with Crippen molar-refractivity contribution >= 4 is 32.7 Å². The van der Waals surface area contributed by atoms with Crippen molar-refractivity contribution in [2.45, 2.75) is 6.92 Å². The molecule has 3 rings (SSSR count). The standard InChI is InChI=1S/C15H13BrN2O/c1-9-7-12(17-2)8-13-14(9)19-15(18-13)10-3-5-11(16)6-4-10/h3-8,17H,1-2H3. The number of oxazole rings is 1. The predicted octanol–water partition coefficient (Wildman–Crippen LogP) is 4.61. The molecular formula is C15H13BrN2O. The van der Waals surface area contributed by atoms with E-state index in [9.17, 15) is 0 Å². The lowest BCUT2D eigenvalue weighted by Gasteiger charge is -2.00. The first-order valence-electron chi connectivity index (χ1n) is 6.02. The molecule has 0 aliphatic heterocycles. The molecule has 0 saturated carbocycles. The zero-order chi connectivity index (χ0) is 13.4. The number of aryl methyl sites for hydroxylation is 1. The van der Waals surface area contributed by atoms with Gasteiger partial charge in [-0.15, -0.1) is 0 Å². The highest BCUT2D eigenvalue weighted by molar-refractivity contribution is 9.10. The fourth-order valence-corrected chi connectivity index (χ4v) is 2.32. The fraction of sp³-hybridized carbons (Fsp3) is 0.133. The van der Waals surface area contributed by atoms with Crippen LogP contribution in [0.25, 0.3) is 22.6 Å². The number of hydrogen-bond acceptors (Lipinski definition) is 3. The largest absolute Gasteiger partial charge is 0.436 e. The lowest BCUT2D eigenvalue weighted by atomic mass is 10.2. The molecule has 0 amide bonds. The van der Waals surface area contributed by atoms with Crippen molar-refractivity contribution in [1.82, 2.24) is 4.98 Å². The van der Waals surface area contributed by atoms with Crippen LogP contribution in [0, 0.1) is 6.92 Å². The molecule has 0 atom stereocenters. The summed E-state index contributed by atoms with van der Waals surface area (Å²) in [6, 6.07) is 12.0. The van der Waals surface area contributed by atoms with E-state index < -0.39 is 0 Å². The molecular weight excluding hydrogens is 304 g/mol. The maximum Gasteiger partial charge on any atom is 0.227 e. The summed E-state index contributed by atoms with van der Waals surface area (Å²) in [4.78, 5) is 4.56. The number of fused-ring (bicyclic) bond motifs is 1. The van der Waals surface area contributed by atoms with Gasteiger partial charge in [-0.25, -0.2) is 4.98 Å². The molecule has 0 saturated heterocycles. The molecule has 0 bridgehead atoms. The van der Waals surface area contributed by atoms with Gasteiger partial charge < -0.3 is 9.73 Å². The van der Waals surface area contributed by atoms with Crippen LogP contribution in [0.3, 0.4) is 0 Å². The van der Waals surface area contributed by atoms with Crippen LogP contribution in [0.4, 0.5) is 5.69 Å². The van der Waals surface area contributed by atoms with Crippen molar-refractivity contribution in [2.24, 2.45) is 0 Å². The SMILES string of the molecule is CNc1cc(C)c2oc(-c3ccc(Br)cc3)nc2c1. The zero-order valence-corrected chi connectivity index (χ0v) is 12.3. The molecule has 96 valence electrons. The Morgan fingerprint density at radius 1 is 1.16 bits per heavy atom. The van der Waals surface area contributed by atoms with E-state index >= 15 is 0 Å². The molecule has 3 nitrogen and oxygen atoms in total. The molecule has 19 heavy (non-hydrogen) atoms. The Labute approximate surface area is 119 Å². The molecule has 0 aliphatic carbocycles. The molecule has 0 aliphatic rings. The molecule has 0 radical (unpaired) electrons. The second-order valence-corrected chi connectivity index (χ2v) is 5.33. The van der Waals surface area contributed by atoms with Crippen LogP contribution in [0.2, 0.25) is 0 Å². The Hall–Kier alpha value is -1.81. The van der Waals surface area contributed by atoms with Crippen LogP contribution in [0.5, 0.6) is 0 Å². The van der Waals surface area contributed by atoms with Crippen molar-refractivity contribution < 1.29 is 4.42 Å². The van der Waals surface area contributed by atoms with Gasteiger partial charge >= 0.3 is 0 Å². The molecule has 1 N–H and O–H groups in total. The number of hydrogen-bond donors (Lipinski definition) is 1. The van der Waals surface area contributed by atoms with Crippen LogP contribution in [0.1, 0.15) is 5.56 Å². The summed E-state index contributed by atoms with van der Waals surface area (Å²) in [5.41, 5.74) is 4.82. The third-order valence-electron chi connectivity index (χ3n) is 3.06. The van der Waals surface area contributed by atoms with Crippen LogP contribution in [-0.4, -0.2) is 12.0 Å². The lowest BCUT2D eigenvalue weighted by Crippen LogP contribution is -1.88. The molecule has 3 aromatic rings.